The number of aliphatic hydroxyl groups is 5. The van der Waals surface area contributed by atoms with Gasteiger partial charge in [-0.3, -0.25) is 4.79 Å². The Labute approximate surface area is 324 Å². The third-order valence-corrected chi connectivity index (χ3v) is 10.5. The van der Waals surface area contributed by atoms with Gasteiger partial charge in [0.2, 0.25) is 5.91 Å². The van der Waals surface area contributed by atoms with Crippen molar-refractivity contribution in [3.8, 4) is 0 Å². The van der Waals surface area contributed by atoms with E-state index < -0.39 is 49.5 Å². The number of hydrogen-bond donors (Lipinski definition) is 6. The summed E-state index contributed by atoms with van der Waals surface area (Å²) in [7, 11) is 0. The number of rotatable bonds is 36. The fraction of sp³-hybridized carbons (Fsp3) is 0.886. The van der Waals surface area contributed by atoms with Crippen LogP contribution in [0.5, 0.6) is 0 Å². The Morgan fingerprint density at radius 3 is 1.53 bits per heavy atom. The van der Waals surface area contributed by atoms with Crippen LogP contribution in [-0.4, -0.2) is 87.5 Å². The number of amides is 1. The molecule has 0 aromatic carbocycles. The van der Waals surface area contributed by atoms with Crippen LogP contribution in [0, 0.1) is 0 Å². The molecule has 312 valence electrons. The van der Waals surface area contributed by atoms with Crippen molar-refractivity contribution in [3.63, 3.8) is 0 Å². The van der Waals surface area contributed by atoms with E-state index in [0.29, 0.717) is 6.42 Å². The van der Waals surface area contributed by atoms with Crippen molar-refractivity contribution in [1.82, 2.24) is 5.32 Å². The summed E-state index contributed by atoms with van der Waals surface area (Å²) in [5.74, 6) is -0.182. The first-order valence-corrected chi connectivity index (χ1v) is 22.1. The molecule has 0 aromatic rings. The topological polar surface area (TPSA) is 149 Å². The van der Waals surface area contributed by atoms with Gasteiger partial charge in [0.15, 0.2) is 6.29 Å². The van der Waals surface area contributed by atoms with Gasteiger partial charge >= 0.3 is 0 Å². The summed E-state index contributed by atoms with van der Waals surface area (Å²) in [6, 6.07) is -0.800. The third-order valence-electron chi connectivity index (χ3n) is 10.5. The van der Waals surface area contributed by atoms with E-state index in [0.717, 1.165) is 38.5 Å². The number of carbonyl (C=O) groups excluding carboxylic acids is 1. The molecule has 1 rings (SSSR count). The van der Waals surface area contributed by atoms with Crippen LogP contribution in [-0.2, 0) is 14.3 Å². The largest absolute Gasteiger partial charge is 0.394 e. The summed E-state index contributed by atoms with van der Waals surface area (Å²) in [5.41, 5.74) is 0. The Morgan fingerprint density at radius 2 is 1.06 bits per heavy atom. The number of allylic oxidation sites excluding steroid dienone is 3. The highest BCUT2D eigenvalue weighted by Gasteiger charge is 2.44. The van der Waals surface area contributed by atoms with E-state index in [2.05, 4.69) is 31.3 Å². The van der Waals surface area contributed by atoms with E-state index >= 15 is 0 Å². The van der Waals surface area contributed by atoms with Crippen molar-refractivity contribution >= 4 is 5.91 Å². The van der Waals surface area contributed by atoms with Crippen molar-refractivity contribution in [2.45, 2.75) is 236 Å². The molecule has 6 N–H and O–H groups in total. The van der Waals surface area contributed by atoms with Crippen LogP contribution in [0.3, 0.4) is 0 Å². The third kappa shape index (κ3) is 26.2. The quantitative estimate of drug-likeness (QED) is 0.0275. The molecule has 1 heterocycles. The van der Waals surface area contributed by atoms with Gasteiger partial charge in [0.1, 0.15) is 24.4 Å². The molecule has 1 aliphatic heterocycles. The molecule has 0 spiro atoms. The zero-order valence-corrected chi connectivity index (χ0v) is 34.0. The monoisotopic (exact) mass is 754 g/mol. The highest BCUT2D eigenvalue weighted by molar-refractivity contribution is 5.76. The van der Waals surface area contributed by atoms with Crippen LogP contribution in [0.4, 0.5) is 0 Å². The Kier molecular flexibility index (Phi) is 32.9. The highest BCUT2D eigenvalue weighted by atomic mass is 16.7. The summed E-state index contributed by atoms with van der Waals surface area (Å²) >= 11 is 0. The molecule has 9 nitrogen and oxygen atoms in total. The molecule has 1 aliphatic rings. The lowest BCUT2D eigenvalue weighted by molar-refractivity contribution is -0.302. The van der Waals surface area contributed by atoms with Gasteiger partial charge in [0, 0.05) is 6.42 Å². The van der Waals surface area contributed by atoms with Crippen molar-refractivity contribution in [3.05, 3.63) is 24.3 Å². The zero-order chi connectivity index (χ0) is 38.8. The van der Waals surface area contributed by atoms with E-state index in [9.17, 15) is 30.3 Å². The molecule has 0 aliphatic carbocycles. The van der Waals surface area contributed by atoms with Crippen LogP contribution in [0.25, 0.3) is 0 Å². The summed E-state index contributed by atoms with van der Waals surface area (Å²) in [6.07, 6.45) is 33.8. The Balaban J connectivity index is 2.28. The van der Waals surface area contributed by atoms with Gasteiger partial charge in [0.25, 0.3) is 0 Å². The second-order valence-corrected chi connectivity index (χ2v) is 15.5. The van der Waals surface area contributed by atoms with E-state index in [1.165, 1.54) is 135 Å². The van der Waals surface area contributed by atoms with Crippen LogP contribution in [0.1, 0.15) is 194 Å². The molecule has 0 aromatic heterocycles. The smallest absolute Gasteiger partial charge is 0.220 e. The number of aliphatic hydroxyl groups excluding tert-OH is 5. The molecule has 0 bridgehead atoms. The van der Waals surface area contributed by atoms with Crippen molar-refractivity contribution in [1.29, 1.82) is 0 Å². The summed E-state index contributed by atoms with van der Waals surface area (Å²) < 4.78 is 11.2. The summed E-state index contributed by atoms with van der Waals surface area (Å²) in [4.78, 5) is 12.9. The number of unbranched alkanes of at least 4 members (excludes halogenated alkanes) is 24. The first-order chi connectivity index (χ1) is 25.8. The second-order valence-electron chi connectivity index (χ2n) is 15.5. The predicted molar refractivity (Wildman–Crippen MR) is 217 cm³/mol. The van der Waals surface area contributed by atoms with Gasteiger partial charge in [-0.25, -0.2) is 0 Å². The molecular formula is C44H83NO8. The maximum atomic E-state index is 12.9. The second kappa shape index (κ2) is 35.1. The number of carbonyl (C=O) groups is 1. The van der Waals surface area contributed by atoms with E-state index in [4.69, 9.17) is 9.47 Å². The van der Waals surface area contributed by atoms with Gasteiger partial charge in [0.05, 0.1) is 25.4 Å². The predicted octanol–water partition coefficient (Wildman–Crippen LogP) is 8.72. The summed E-state index contributed by atoms with van der Waals surface area (Å²) in [5, 5.41) is 53.9. The van der Waals surface area contributed by atoms with E-state index in [-0.39, 0.29) is 12.5 Å². The molecule has 7 atom stereocenters. The van der Waals surface area contributed by atoms with Crippen molar-refractivity contribution < 1.29 is 39.8 Å². The van der Waals surface area contributed by atoms with Gasteiger partial charge in [-0.1, -0.05) is 167 Å². The first kappa shape index (κ1) is 49.7. The lowest BCUT2D eigenvalue weighted by Crippen LogP contribution is -2.60. The fourth-order valence-corrected chi connectivity index (χ4v) is 6.91. The van der Waals surface area contributed by atoms with Crippen molar-refractivity contribution in [2.75, 3.05) is 13.2 Å². The molecule has 0 radical (unpaired) electrons. The van der Waals surface area contributed by atoms with Gasteiger partial charge in [-0.05, 0) is 44.9 Å². The van der Waals surface area contributed by atoms with E-state index in [1.54, 1.807) is 6.08 Å². The van der Waals surface area contributed by atoms with Crippen LogP contribution in [0.2, 0.25) is 0 Å². The molecule has 9 heteroatoms. The minimum absolute atomic E-state index is 0.182. The normalized spacial score (nSPS) is 21.8. The average Bonchev–Trinajstić information content (AvgIpc) is 3.16. The van der Waals surface area contributed by atoms with Crippen LogP contribution in [0.15, 0.2) is 24.3 Å². The first-order valence-electron chi connectivity index (χ1n) is 22.1. The Bertz CT molecular complexity index is 883. The van der Waals surface area contributed by atoms with Crippen molar-refractivity contribution in [2.24, 2.45) is 0 Å². The highest BCUT2D eigenvalue weighted by Crippen LogP contribution is 2.22. The molecule has 7 unspecified atom stereocenters. The molecule has 0 saturated carbocycles. The molecule has 1 saturated heterocycles. The molecule has 53 heavy (non-hydrogen) atoms. The Morgan fingerprint density at radius 1 is 0.623 bits per heavy atom. The minimum atomic E-state index is -1.56. The molecule has 1 amide bonds. The summed E-state index contributed by atoms with van der Waals surface area (Å²) in [6.45, 7) is 3.73. The molecular weight excluding hydrogens is 670 g/mol. The fourth-order valence-electron chi connectivity index (χ4n) is 6.91. The van der Waals surface area contributed by atoms with Crippen LogP contribution >= 0.6 is 0 Å². The maximum absolute atomic E-state index is 12.9. The maximum Gasteiger partial charge on any atom is 0.220 e. The van der Waals surface area contributed by atoms with Gasteiger partial charge in [-0.15, -0.1) is 0 Å². The molecule has 1 fully saturated rings. The average molecular weight is 754 g/mol. The standard InChI is InChI=1S/C44H83NO8/c1-3-5-7-9-11-13-14-15-16-17-18-19-20-21-22-23-24-26-28-30-32-34-40(48)45-37(38(47)33-31-29-27-25-12-10-8-6-4-2)36-52-44-43(51)42(50)41(49)39(35-46)53-44/h17-18,31,33,37-39,41-44,46-47,49-51H,3-16,19-30,32,34-36H2,1-2H3,(H,45,48)/b18-17-,33-31+. The number of ether oxygens (including phenoxy) is 2. The lowest BCUT2D eigenvalue weighted by Gasteiger charge is -2.40. The SMILES string of the molecule is CCCCCCCCC/C=C/C(O)C(COC1OC(CO)C(O)C(O)C1O)NC(=O)CCCCCCCCCCC/C=C\CCCCCCCCCC. The van der Waals surface area contributed by atoms with E-state index in [1.807, 2.05) is 6.08 Å². The number of hydrogen-bond acceptors (Lipinski definition) is 8. The number of nitrogens with one attached hydrogen (secondary N) is 1. The minimum Gasteiger partial charge on any atom is -0.394 e. The Hall–Kier alpha value is -1.33. The van der Waals surface area contributed by atoms with Gasteiger partial charge in [-0.2, -0.15) is 0 Å². The van der Waals surface area contributed by atoms with Gasteiger partial charge < -0.3 is 40.3 Å². The lowest BCUT2D eigenvalue weighted by atomic mass is 9.99. The zero-order valence-electron chi connectivity index (χ0n) is 34.0. The van der Waals surface area contributed by atoms with Crippen LogP contribution < -0.4 is 5.32 Å².